The van der Waals surface area contributed by atoms with E-state index in [1.54, 1.807) is 0 Å². The Kier molecular flexibility index (Phi) is 4.10. The molecule has 0 unspecified atom stereocenters. The van der Waals surface area contributed by atoms with Gasteiger partial charge < -0.3 is 14.9 Å². The van der Waals surface area contributed by atoms with E-state index in [2.05, 4.69) is 10.2 Å². The van der Waals surface area contributed by atoms with Crippen molar-refractivity contribution in [2.45, 2.75) is 32.3 Å². The van der Waals surface area contributed by atoms with Gasteiger partial charge in [0.25, 0.3) is 0 Å². The van der Waals surface area contributed by atoms with Crippen molar-refractivity contribution in [3.05, 3.63) is 11.4 Å². The second-order valence-electron chi connectivity index (χ2n) is 4.42. The topological polar surface area (TPSA) is 42.7 Å². The van der Waals surface area contributed by atoms with Gasteiger partial charge in [-0.25, -0.2) is 11.4 Å². The SMILES string of the molecule is [C-]#[N+]CC(=O)OC(C)(C)C1CCNCC1. The van der Waals surface area contributed by atoms with Crippen molar-refractivity contribution in [2.24, 2.45) is 5.92 Å². The predicted octanol–water partition coefficient (Wildman–Crippen LogP) is 1.23. The molecule has 1 rings (SSSR count). The molecule has 1 aliphatic rings. The normalized spacial score (nSPS) is 18.2. The third kappa shape index (κ3) is 3.52. The van der Waals surface area contributed by atoms with Crippen LogP contribution in [0.5, 0.6) is 0 Å². The van der Waals surface area contributed by atoms with Crippen LogP contribution in [-0.2, 0) is 9.53 Å². The number of hydrogen-bond donors (Lipinski definition) is 1. The molecule has 1 aliphatic heterocycles. The molecule has 0 bridgehead atoms. The van der Waals surface area contributed by atoms with Gasteiger partial charge in [-0.3, -0.25) is 0 Å². The molecule has 0 aromatic heterocycles. The zero-order chi connectivity index (χ0) is 11.3. The van der Waals surface area contributed by atoms with Gasteiger partial charge in [-0.15, -0.1) is 0 Å². The van der Waals surface area contributed by atoms with Crippen LogP contribution in [0.2, 0.25) is 0 Å². The fourth-order valence-corrected chi connectivity index (χ4v) is 1.99. The molecule has 0 amide bonds. The summed E-state index contributed by atoms with van der Waals surface area (Å²) in [5.41, 5.74) is -0.441. The molecule has 1 heterocycles. The summed E-state index contributed by atoms with van der Waals surface area (Å²) in [6.07, 6.45) is 2.05. The van der Waals surface area contributed by atoms with E-state index < -0.39 is 11.6 Å². The third-order valence-corrected chi connectivity index (χ3v) is 2.91. The Bertz CT molecular complexity index is 262. The van der Waals surface area contributed by atoms with Gasteiger partial charge in [-0.1, -0.05) is 0 Å². The van der Waals surface area contributed by atoms with Gasteiger partial charge in [0, 0.05) is 5.92 Å². The summed E-state index contributed by atoms with van der Waals surface area (Å²) in [5.74, 6) is -0.0121. The molecule has 0 spiro atoms. The lowest BCUT2D eigenvalue weighted by molar-refractivity contribution is -0.160. The average Bonchev–Trinajstić information content (AvgIpc) is 2.18. The zero-order valence-corrected chi connectivity index (χ0v) is 9.38. The summed E-state index contributed by atoms with van der Waals surface area (Å²) in [6.45, 7) is 12.3. The van der Waals surface area contributed by atoms with E-state index in [0.717, 1.165) is 25.9 Å². The monoisotopic (exact) mass is 210 g/mol. The lowest BCUT2D eigenvalue weighted by Crippen LogP contribution is -2.43. The molecule has 0 aromatic carbocycles. The van der Waals surface area contributed by atoms with E-state index >= 15 is 0 Å². The van der Waals surface area contributed by atoms with Gasteiger partial charge in [-0.2, -0.15) is 0 Å². The Morgan fingerprint density at radius 3 is 2.67 bits per heavy atom. The minimum atomic E-state index is -0.441. The summed E-state index contributed by atoms with van der Waals surface area (Å²) in [7, 11) is 0. The second kappa shape index (κ2) is 5.13. The number of piperidine rings is 1. The summed E-state index contributed by atoms with van der Waals surface area (Å²) >= 11 is 0. The van der Waals surface area contributed by atoms with Crippen LogP contribution < -0.4 is 5.32 Å². The van der Waals surface area contributed by atoms with Crippen LogP contribution in [0.3, 0.4) is 0 Å². The molecule has 1 fully saturated rings. The minimum absolute atomic E-state index is 0.172. The van der Waals surface area contributed by atoms with Gasteiger partial charge in [-0.05, 0) is 39.8 Å². The second-order valence-corrected chi connectivity index (χ2v) is 4.42. The lowest BCUT2D eigenvalue weighted by Gasteiger charge is -2.36. The first-order valence-corrected chi connectivity index (χ1v) is 5.32. The van der Waals surface area contributed by atoms with Gasteiger partial charge in [0.15, 0.2) is 0 Å². The summed E-state index contributed by atoms with van der Waals surface area (Å²) in [5, 5.41) is 3.28. The van der Waals surface area contributed by atoms with Crippen molar-refractivity contribution in [3.8, 4) is 0 Å². The highest BCUT2D eigenvalue weighted by Crippen LogP contribution is 2.28. The fourth-order valence-electron chi connectivity index (χ4n) is 1.99. The molecule has 0 aromatic rings. The molecule has 1 saturated heterocycles. The molecule has 4 nitrogen and oxygen atoms in total. The number of carbonyl (C=O) groups excluding carboxylic acids is 1. The van der Waals surface area contributed by atoms with Crippen LogP contribution >= 0.6 is 0 Å². The summed E-state index contributed by atoms with van der Waals surface area (Å²) in [4.78, 5) is 14.3. The highest BCUT2D eigenvalue weighted by atomic mass is 16.6. The molecule has 0 aliphatic carbocycles. The highest BCUT2D eigenvalue weighted by Gasteiger charge is 2.34. The first-order valence-electron chi connectivity index (χ1n) is 5.32. The minimum Gasteiger partial charge on any atom is -0.454 e. The van der Waals surface area contributed by atoms with Crippen molar-refractivity contribution < 1.29 is 9.53 Å². The number of rotatable bonds is 3. The molecular formula is C11H18N2O2. The van der Waals surface area contributed by atoms with E-state index in [1.165, 1.54) is 0 Å². The smallest absolute Gasteiger partial charge is 0.387 e. The maximum Gasteiger partial charge on any atom is 0.387 e. The molecule has 1 N–H and O–H groups in total. The Labute approximate surface area is 90.8 Å². The molecule has 84 valence electrons. The first-order chi connectivity index (χ1) is 7.06. The maximum atomic E-state index is 11.2. The standard InChI is InChI=1S/C11H18N2O2/c1-11(2,15-10(14)8-12-3)9-4-6-13-7-5-9/h9,13H,4-8H2,1-2H3. The maximum absolute atomic E-state index is 11.2. The number of nitrogens with one attached hydrogen (secondary N) is 1. The van der Waals surface area contributed by atoms with Crippen molar-refractivity contribution in [1.82, 2.24) is 5.32 Å². The lowest BCUT2D eigenvalue weighted by atomic mass is 9.83. The van der Waals surface area contributed by atoms with Crippen molar-refractivity contribution in [3.63, 3.8) is 0 Å². The predicted molar refractivity (Wildman–Crippen MR) is 57.2 cm³/mol. The van der Waals surface area contributed by atoms with Crippen LogP contribution in [0.1, 0.15) is 26.7 Å². The van der Waals surface area contributed by atoms with E-state index in [1.807, 2.05) is 13.8 Å². The largest absolute Gasteiger partial charge is 0.454 e. The van der Waals surface area contributed by atoms with Crippen molar-refractivity contribution >= 4 is 5.97 Å². The fraction of sp³-hybridized carbons (Fsp3) is 0.818. The van der Waals surface area contributed by atoms with E-state index in [4.69, 9.17) is 11.3 Å². The van der Waals surface area contributed by atoms with E-state index in [0.29, 0.717) is 5.92 Å². The molecular weight excluding hydrogens is 192 g/mol. The van der Waals surface area contributed by atoms with Gasteiger partial charge in [0.05, 0.1) is 0 Å². The molecule has 15 heavy (non-hydrogen) atoms. The first kappa shape index (κ1) is 12.0. The number of hydrogen-bond acceptors (Lipinski definition) is 3. The van der Waals surface area contributed by atoms with Crippen LogP contribution in [0.25, 0.3) is 4.85 Å². The van der Waals surface area contributed by atoms with Gasteiger partial charge in [0.1, 0.15) is 5.60 Å². The number of ether oxygens (including phenoxy) is 1. The highest BCUT2D eigenvalue weighted by molar-refractivity contribution is 5.73. The summed E-state index contributed by atoms with van der Waals surface area (Å²) < 4.78 is 5.34. The van der Waals surface area contributed by atoms with Crippen LogP contribution in [0.15, 0.2) is 0 Å². The van der Waals surface area contributed by atoms with Crippen molar-refractivity contribution in [2.75, 3.05) is 19.6 Å². The molecule has 0 radical (unpaired) electrons. The Balaban J connectivity index is 2.49. The van der Waals surface area contributed by atoms with Crippen LogP contribution in [0.4, 0.5) is 0 Å². The number of nitrogens with zero attached hydrogens (tertiary/aromatic N) is 1. The van der Waals surface area contributed by atoms with Crippen LogP contribution in [0, 0.1) is 12.5 Å². The molecule has 0 atom stereocenters. The molecule has 0 saturated carbocycles. The van der Waals surface area contributed by atoms with Crippen LogP contribution in [-0.4, -0.2) is 31.2 Å². The average molecular weight is 210 g/mol. The van der Waals surface area contributed by atoms with Gasteiger partial charge >= 0.3 is 12.5 Å². The Morgan fingerprint density at radius 1 is 1.53 bits per heavy atom. The summed E-state index contributed by atoms with van der Waals surface area (Å²) in [6, 6.07) is 0. The van der Waals surface area contributed by atoms with E-state index in [9.17, 15) is 4.79 Å². The quantitative estimate of drug-likeness (QED) is 0.562. The number of carbonyl (C=O) groups is 1. The van der Waals surface area contributed by atoms with E-state index in [-0.39, 0.29) is 6.54 Å². The van der Waals surface area contributed by atoms with Crippen molar-refractivity contribution in [1.29, 1.82) is 0 Å². The molecule has 4 heteroatoms. The Hall–Kier alpha value is -1.08. The zero-order valence-electron chi connectivity index (χ0n) is 9.38. The number of esters is 1. The Morgan fingerprint density at radius 2 is 2.13 bits per heavy atom. The third-order valence-electron chi connectivity index (χ3n) is 2.91. The van der Waals surface area contributed by atoms with Gasteiger partial charge in [0.2, 0.25) is 0 Å².